The summed E-state index contributed by atoms with van der Waals surface area (Å²) in [7, 11) is -3.63. The highest BCUT2D eigenvalue weighted by atomic mass is 32.2. The van der Waals surface area contributed by atoms with Crippen LogP contribution >= 0.6 is 0 Å². The Balaban J connectivity index is 1.89. The molecule has 1 aliphatic rings. The lowest BCUT2D eigenvalue weighted by Crippen LogP contribution is -2.39. The van der Waals surface area contributed by atoms with Gasteiger partial charge in [0.1, 0.15) is 0 Å². The van der Waals surface area contributed by atoms with E-state index in [0.717, 1.165) is 18.4 Å². The van der Waals surface area contributed by atoms with Gasteiger partial charge in [0.25, 0.3) is 0 Å². The van der Waals surface area contributed by atoms with E-state index < -0.39 is 10.0 Å². The summed E-state index contributed by atoms with van der Waals surface area (Å²) >= 11 is 0. The van der Waals surface area contributed by atoms with Crippen LogP contribution in [0.1, 0.15) is 32.3 Å². The molecule has 0 bridgehead atoms. The molecule has 5 nitrogen and oxygen atoms in total. The number of carbonyl (C=O) groups excluding carboxylic acids is 1. The predicted octanol–water partition coefficient (Wildman–Crippen LogP) is 3.63. The first-order valence-corrected chi connectivity index (χ1v) is 10.3. The lowest BCUT2D eigenvalue weighted by Gasteiger charge is -2.28. The van der Waals surface area contributed by atoms with Gasteiger partial charge in [0.05, 0.1) is 4.90 Å². The predicted molar refractivity (Wildman–Crippen MR) is 102 cm³/mol. The van der Waals surface area contributed by atoms with Crippen LogP contribution in [0.3, 0.4) is 0 Å². The summed E-state index contributed by atoms with van der Waals surface area (Å²) < 4.78 is 28.2. The molecular formula is C20H24N2O3S. The van der Waals surface area contributed by atoms with Gasteiger partial charge in [-0.3, -0.25) is 4.79 Å². The number of sulfonamides is 1. The number of nitrogens with one attached hydrogen (secondary N) is 1. The van der Waals surface area contributed by atoms with E-state index in [2.05, 4.69) is 5.32 Å². The Labute approximate surface area is 155 Å². The Morgan fingerprint density at radius 3 is 2.27 bits per heavy atom. The van der Waals surface area contributed by atoms with Gasteiger partial charge in [-0.15, -0.1) is 0 Å². The second-order valence-electron chi connectivity index (χ2n) is 6.82. The zero-order valence-corrected chi connectivity index (χ0v) is 15.9. The van der Waals surface area contributed by atoms with Crippen LogP contribution in [0.5, 0.6) is 0 Å². The molecule has 2 aromatic carbocycles. The average Bonchev–Trinajstić information content (AvgIpc) is 3.45. The number of anilines is 1. The van der Waals surface area contributed by atoms with Crippen molar-refractivity contribution in [3.63, 3.8) is 0 Å². The molecule has 0 saturated heterocycles. The maximum absolute atomic E-state index is 13.3. The highest BCUT2D eigenvalue weighted by Crippen LogP contribution is 2.38. The molecule has 1 atom stereocenters. The summed E-state index contributed by atoms with van der Waals surface area (Å²) in [6, 6.07) is 16.0. The molecule has 2 aromatic rings. The molecule has 0 spiro atoms. The van der Waals surface area contributed by atoms with Crippen LogP contribution < -0.4 is 5.32 Å². The number of rotatable bonds is 7. The van der Waals surface area contributed by atoms with Gasteiger partial charge in [0.15, 0.2) is 0 Å². The van der Waals surface area contributed by atoms with Crippen molar-refractivity contribution in [3.8, 4) is 0 Å². The molecule has 6 heteroatoms. The van der Waals surface area contributed by atoms with E-state index in [0.29, 0.717) is 18.2 Å². The summed E-state index contributed by atoms with van der Waals surface area (Å²) in [5.74, 6) is 0.237. The quantitative estimate of drug-likeness (QED) is 0.807. The average molecular weight is 372 g/mol. The van der Waals surface area contributed by atoms with Crippen LogP contribution in [-0.4, -0.2) is 24.7 Å². The fourth-order valence-electron chi connectivity index (χ4n) is 3.07. The highest BCUT2D eigenvalue weighted by molar-refractivity contribution is 7.89. The van der Waals surface area contributed by atoms with E-state index in [-0.39, 0.29) is 16.8 Å². The molecule has 1 aliphatic carbocycles. The number of hydrogen-bond donors (Lipinski definition) is 1. The molecule has 138 valence electrons. The van der Waals surface area contributed by atoms with Crippen molar-refractivity contribution in [1.82, 2.24) is 4.31 Å². The summed E-state index contributed by atoms with van der Waals surface area (Å²) in [4.78, 5) is 11.4. The Hall–Kier alpha value is -2.18. The molecule has 26 heavy (non-hydrogen) atoms. The summed E-state index contributed by atoms with van der Waals surface area (Å²) in [6.45, 7) is 3.77. The number of hydrogen-bond acceptors (Lipinski definition) is 3. The van der Waals surface area contributed by atoms with E-state index in [1.807, 2.05) is 37.3 Å². The van der Waals surface area contributed by atoms with Crippen molar-refractivity contribution in [2.75, 3.05) is 5.32 Å². The Morgan fingerprint density at radius 2 is 1.73 bits per heavy atom. The van der Waals surface area contributed by atoms with Gasteiger partial charge in [-0.25, -0.2) is 8.42 Å². The molecule has 0 radical (unpaired) electrons. The van der Waals surface area contributed by atoms with Crippen molar-refractivity contribution in [2.24, 2.45) is 5.92 Å². The summed E-state index contributed by atoms with van der Waals surface area (Å²) in [5, 5.41) is 2.66. The summed E-state index contributed by atoms with van der Waals surface area (Å²) in [5.41, 5.74) is 1.56. The van der Waals surface area contributed by atoms with Crippen LogP contribution in [0, 0.1) is 5.92 Å². The summed E-state index contributed by atoms with van der Waals surface area (Å²) in [6.07, 6.45) is 2.15. The molecule has 0 heterocycles. The Kier molecular flexibility index (Phi) is 5.44. The van der Waals surface area contributed by atoms with Gasteiger partial charge in [-0.1, -0.05) is 30.3 Å². The van der Waals surface area contributed by atoms with E-state index in [9.17, 15) is 13.2 Å². The Morgan fingerprint density at radius 1 is 1.12 bits per heavy atom. The monoisotopic (exact) mass is 372 g/mol. The van der Waals surface area contributed by atoms with Gasteiger partial charge in [-0.2, -0.15) is 4.31 Å². The largest absolute Gasteiger partial charge is 0.326 e. The van der Waals surface area contributed by atoms with Crippen LogP contribution in [0.15, 0.2) is 59.5 Å². The number of carbonyl (C=O) groups is 1. The third-order valence-electron chi connectivity index (χ3n) is 4.72. The van der Waals surface area contributed by atoms with Crippen molar-refractivity contribution in [2.45, 2.75) is 44.2 Å². The first-order chi connectivity index (χ1) is 12.4. The highest BCUT2D eigenvalue weighted by Gasteiger charge is 2.38. The van der Waals surface area contributed by atoms with Crippen LogP contribution in [0.25, 0.3) is 0 Å². The van der Waals surface area contributed by atoms with Gasteiger partial charge in [0.2, 0.25) is 15.9 Å². The fourth-order valence-corrected chi connectivity index (χ4v) is 4.75. The van der Waals surface area contributed by atoms with Gasteiger partial charge >= 0.3 is 0 Å². The molecular weight excluding hydrogens is 348 g/mol. The molecule has 1 fully saturated rings. The normalized spacial score (nSPS) is 15.7. The first-order valence-electron chi connectivity index (χ1n) is 8.81. The van der Waals surface area contributed by atoms with Crippen molar-refractivity contribution in [3.05, 3.63) is 60.2 Å². The number of amides is 1. The third-order valence-corrected chi connectivity index (χ3v) is 6.67. The molecule has 0 unspecified atom stereocenters. The van der Waals surface area contributed by atoms with Crippen molar-refractivity contribution >= 4 is 21.6 Å². The molecule has 0 aliphatic heterocycles. The fraction of sp³-hybridized carbons (Fsp3) is 0.350. The molecule has 3 rings (SSSR count). The van der Waals surface area contributed by atoms with Crippen LogP contribution in [0.2, 0.25) is 0 Å². The zero-order chi connectivity index (χ0) is 18.7. The maximum atomic E-state index is 13.3. The number of benzene rings is 2. The second kappa shape index (κ2) is 7.60. The SMILES string of the molecule is CC(=O)Nc1ccc(S(=O)(=O)N(Cc2ccccc2)[C@H](C)C2CC2)cc1. The lowest BCUT2D eigenvalue weighted by atomic mass is 10.2. The van der Waals surface area contributed by atoms with Crippen molar-refractivity contribution in [1.29, 1.82) is 0 Å². The van der Waals surface area contributed by atoms with Crippen LogP contribution in [0.4, 0.5) is 5.69 Å². The van der Waals surface area contributed by atoms with Crippen LogP contribution in [-0.2, 0) is 21.4 Å². The van der Waals surface area contributed by atoms with Gasteiger partial charge in [-0.05, 0) is 55.5 Å². The second-order valence-corrected chi connectivity index (χ2v) is 8.71. The molecule has 0 aromatic heterocycles. The minimum Gasteiger partial charge on any atom is -0.326 e. The van der Waals surface area contributed by atoms with E-state index in [4.69, 9.17) is 0 Å². The van der Waals surface area contributed by atoms with Gasteiger partial charge in [0, 0.05) is 25.2 Å². The minimum absolute atomic E-state index is 0.0461. The van der Waals surface area contributed by atoms with Crippen molar-refractivity contribution < 1.29 is 13.2 Å². The standard InChI is InChI=1S/C20H24N2O3S/c1-15(18-8-9-18)22(14-17-6-4-3-5-7-17)26(24,25)20-12-10-19(11-13-20)21-16(2)23/h3-7,10-13,15,18H,8-9,14H2,1-2H3,(H,21,23)/t15-/m1/s1. The zero-order valence-electron chi connectivity index (χ0n) is 15.1. The minimum atomic E-state index is -3.63. The maximum Gasteiger partial charge on any atom is 0.243 e. The third kappa shape index (κ3) is 4.31. The lowest BCUT2D eigenvalue weighted by molar-refractivity contribution is -0.114. The molecule has 1 N–H and O–H groups in total. The van der Waals surface area contributed by atoms with E-state index in [1.54, 1.807) is 28.6 Å². The van der Waals surface area contributed by atoms with E-state index >= 15 is 0 Å². The molecule has 1 amide bonds. The smallest absolute Gasteiger partial charge is 0.243 e. The first kappa shape index (κ1) is 18.6. The Bertz CT molecular complexity index is 860. The number of nitrogens with zero attached hydrogens (tertiary/aromatic N) is 1. The molecule has 1 saturated carbocycles. The topological polar surface area (TPSA) is 66.5 Å². The van der Waals surface area contributed by atoms with Gasteiger partial charge < -0.3 is 5.32 Å². The van der Waals surface area contributed by atoms with E-state index in [1.165, 1.54) is 6.92 Å².